The molecule has 0 aliphatic heterocycles. The van der Waals surface area contributed by atoms with Crippen LogP contribution in [-0.2, 0) is 0 Å². The lowest BCUT2D eigenvalue weighted by Crippen LogP contribution is -1.99. The Bertz CT molecular complexity index is 2750. The van der Waals surface area contributed by atoms with Crippen LogP contribution in [0.5, 0.6) is 0 Å². The van der Waals surface area contributed by atoms with Crippen molar-refractivity contribution in [2.75, 3.05) is 0 Å². The van der Waals surface area contributed by atoms with Crippen LogP contribution in [0.4, 0.5) is 5.69 Å². The smallest absolute Gasteiger partial charge is 0.188 e. The molecular weight excluding hydrogens is 585 g/mol. The van der Waals surface area contributed by atoms with Crippen LogP contribution in [0.15, 0.2) is 158 Å². The topological polar surface area (TPSA) is 38.0 Å². The van der Waals surface area contributed by atoms with Crippen molar-refractivity contribution in [3.63, 3.8) is 0 Å². The minimum Gasteiger partial charge on any atom is -0.309 e. The summed E-state index contributed by atoms with van der Waals surface area (Å²) in [6.45, 7) is 7.53. The lowest BCUT2D eigenvalue weighted by molar-refractivity contribution is 1.18. The Morgan fingerprint density at radius 2 is 1.06 bits per heavy atom. The zero-order valence-electron chi connectivity index (χ0n) is 25.8. The number of rotatable bonds is 4. The van der Waals surface area contributed by atoms with Gasteiger partial charge in [-0.3, -0.25) is 0 Å². The maximum absolute atomic E-state index is 10.4. The minimum atomic E-state index is 0.626. The summed E-state index contributed by atoms with van der Waals surface area (Å²) in [6.07, 6.45) is 0. The molecule has 0 saturated carbocycles. The highest BCUT2D eigenvalue weighted by atomic mass is 15.0. The van der Waals surface area contributed by atoms with E-state index in [1.807, 2.05) is 42.5 Å². The summed E-state index contributed by atoms with van der Waals surface area (Å²) < 4.78 is 4.59. The highest BCUT2D eigenvalue weighted by Crippen LogP contribution is 2.41. The van der Waals surface area contributed by atoms with E-state index in [2.05, 4.69) is 135 Å². The number of benzene rings is 7. The van der Waals surface area contributed by atoms with Crippen molar-refractivity contribution >= 4 is 49.3 Å². The molecule has 0 spiro atoms. The molecule has 0 saturated heterocycles. The predicted octanol–water partition coefficient (Wildman–Crippen LogP) is 11.6. The molecule has 7 aromatic carbocycles. The lowest BCUT2D eigenvalue weighted by Gasteiger charge is -2.18. The standard InChI is InChI=1S/C44H26N4/c1-46-31-23-26-43-38(27-31)36-15-5-6-17-39(36)47(43)32-24-21-29(22-25-32)44-30(28-45)11-10-16-37(44)35-14-4-9-20-42(35)48-40-18-7-2-12-33(40)34-13-3-8-19-41(34)48/h2-27H. The lowest BCUT2D eigenvalue weighted by atomic mass is 9.90. The van der Waals surface area contributed by atoms with Gasteiger partial charge in [-0.2, -0.15) is 5.26 Å². The van der Waals surface area contributed by atoms with Gasteiger partial charge in [-0.05, 0) is 71.1 Å². The highest BCUT2D eigenvalue weighted by Gasteiger charge is 2.19. The molecule has 2 heterocycles. The maximum atomic E-state index is 10.4. The van der Waals surface area contributed by atoms with Crippen LogP contribution in [0.25, 0.3) is 82.1 Å². The van der Waals surface area contributed by atoms with Crippen molar-refractivity contribution in [1.82, 2.24) is 9.13 Å². The van der Waals surface area contributed by atoms with Crippen LogP contribution in [0, 0.1) is 17.9 Å². The highest BCUT2D eigenvalue weighted by molar-refractivity contribution is 6.11. The first kappa shape index (κ1) is 27.4. The van der Waals surface area contributed by atoms with E-state index >= 15 is 0 Å². The van der Waals surface area contributed by atoms with E-state index in [4.69, 9.17) is 6.57 Å². The molecule has 4 nitrogen and oxygen atoms in total. The average molecular weight is 611 g/mol. The van der Waals surface area contributed by atoms with Crippen LogP contribution in [-0.4, -0.2) is 9.13 Å². The van der Waals surface area contributed by atoms with E-state index in [1.54, 1.807) is 0 Å². The van der Waals surface area contributed by atoms with Gasteiger partial charge in [0.2, 0.25) is 0 Å². The minimum absolute atomic E-state index is 0.626. The monoisotopic (exact) mass is 610 g/mol. The third kappa shape index (κ3) is 4.07. The number of para-hydroxylation sites is 4. The fourth-order valence-corrected chi connectivity index (χ4v) is 7.35. The summed E-state index contributed by atoms with van der Waals surface area (Å²) in [6, 6.07) is 56.7. The molecule has 9 aromatic rings. The van der Waals surface area contributed by atoms with Gasteiger partial charge in [0, 0.05) is 33.0 Å². The normalized spacial score (nSPS) is 11.3. The molecule has 0 amide bonds. The van der Waals surface area contributed by atoms with Crippen molar-refractivity contribution in [3.8, 4) is 39.7 Å². The first-order chi connectivity index (χ1) is 23.7. The number of nitriles is 1. The van der Waals surface area contributed by atoms with E-state index in [1.165, 1.54) is 10.8 Å². The fourth-order valence-electron chi connectivity index (χ4n) is 7.35. The molecular formula is C44H26N4. The summed E-state index contributed by atoms with van der Waals surface area (Å²) in [5.74, 6) is 0. The number of hydrogen-bond donors (Lipinski definition) is 0. The van der Waals surface area contributed by atoms with E-state index < -0.39 is 0 Å². The number of nitrogens with zero attached hydrogens (tertiary/aromatic N) is 4. The Kier molecular flexibility index (Phi) is 6.22. The third-order valence-electron chi connectivity index (χ3n) is 9.40. The van der Waals surface area contributed by atoms with E-state index in [0.717, 1.165) is 66.5 Å². The fraction of sp³-hybridized carbons (Fsp3) is 0. The van der Waals surface area contributed by atoms with Crippen LogP contribution < -0.4 is 0 Å². The second kappa shape index (κ2) is 10.9. The summed E-state index contributed by atoms with van der Waals surface area (Å²) in [5, 5.41) is 15.0. The van der Waals surface area contributed by atoms with E-state index in [-0.39, 0.29) is 0 Å². The van der Waals surface area contributed by atoms with Crippen molar-refractivity contribution < 1.29 is 0 Å². The molecule has 48 heavy (non-hydrogen) atoms. The Hall–Kier alpha value is -6.88. The van der Waals surface area contributed by atoms with Gasteiger partial charge in [-0.1, -0.05) is 103 Å². The van der Waals surface area contributed by atoms with Crippen molar-refractivity contribution in [2.24, 2.45) is 0 Å². The molecule has 2 aromatic heterocycles. The number of fused-ring (bicyclic) bond motifs is 6. The second-order valence-corrected chi connectivity index (χ2v) is 11.9. The summed E-state index contributed by atoms with van der Waals surface area (Å²) in [4.78, 5) is 3.67. The van der Waals surface area contributed by atoms with Gasteiger partial charge >= 0.3 is 0 Å². The molecule has 0 aliphatic carbocycles. The zero-order chi connectivity index (χ0) is 32.2. The molecule has 0 atom stereocenters. The summed E-state index contributed by atoms with van der Waals surface area (Å²) >= 11 is 0. The Morgan fingerprint density at radius 1 is 0.500 bits per heavy atom. The van der Waals surface area contributed by atoms with Gasteiger partial charge in [0.15, 0.2) is 5.69 Å². The average Bonchev–Trinajstić information content (AvgIpc) is 3.67. The predicted molar refractivity (Wildman–Crippen MR) is 197 cm³/mol. The first-order valence-corrected chi connectivity index (χ1v) is 15.9. The molecule has 9 rings (SSSR count). The Morgan fingerprint density at radius 3 is 1.73 bits per heavy atom. The van der Waals surface area contributed by atoms with E-state index in [0.29, 0.717) is 11.3 Å². The van der Waals surface area contributed by atoms with Gasteiger partial charge in [0.05, 0.1) is 46.0 Å². The maximum Gasteiger partial charge on any atom is 0.188 e. The first-order valence-electron chi connectivity index (χ1n) is 15.9. The van der Waals surface area contributed by atoms with Crippen molar-refractivity contribution in [1.29, 1.82) is 5.26 Å². The van der Waals surface area contributed by atoms with Crippen molar-refractivity contribution in [2.45, 2.75) is 0 Å². The number of aromatic nitrogens is 2. The Labute approximate surface area is 277 Å². The molecule has 0 N–H and O–H groups in total. The molecule has 4 heteroatoms. The van der Waals surface area contributed by atoms with Gasteiger partial charge in [0.25, 0.3) is 0 Å². The molecule has 222 valence electrons. The van der Waals surface area contributed by atoms with Crippen LogP contribution in [0.2, 0.25) is 0 Å². The molecule has 0 bridgehead atoms. The van der Waals surface area contributed by atoms with Crippen LogP contribution in [0.1, 0.15) is 5.56 Å². The largest absolute Gasteiger partial charge is 0.309 e. The second-order valence-electron chi connectivity index (χ2n) is 11.9. The van der Waals surface area contributed by atoms with Crippen LogP contribution in [0.3, 0.4) is 0 Å². The summed E-state index contributed by atoms with van der Waals surface area (Å²) in [7, 11) is 0. The molecule has 0 unspecified atom stereocenters. The number of hydrogen-bond acceptors (Lipinski definition) is 1. The molecule has 0 radical (unpaired) electrons. The summed E-state index contributed by atoms with van der Waals surface area (Å²) in [5.41, 5.74) is 11.7. The van der Waals surface area contributed by atoms with E-state index in [9.17, 15) is 5.26 Å². The Balaban J connectivity index is 1.24. The molecule has 0 aliphatic rings. The van der Waals surface area contributed by atoms with Crippen molar-refractivity contribution in [3.05, 3.63) is 175 Å². The molecule has 0 fully saturated rings. The van der Waals surface area contributed by atoms with Gasteiger partial charge in [0.1, 0.15) is 0 Å². The zero-order valence-corrected chi connectivity index (χ0v) is 25.8. The SMILES string of the molecule is [C-]#[N+]c1ccc2c(c1)c1ccccc1n2-c1ccc(-c2c(C#N)cccc2-c2ccccc2-n2c3ccccc3c3ccccc32)cc1. The van der Waals surface area contributed by atoms with Gasteiger partial charge < -0.3 is 9.13 Å². The van der Waals surface area contributed by atoms with Crippen LogP contribution >= 0.6 is 0 Å². The van der Waals surface area contributed by atoms with Gasteiger partial charge in [-0.25, -0.2) is 4.85 Å². The van der Waals surface area contributed by atoms with Gasteiger partial charge in [-0.15, -0.1) is 0 Å². The third-order valence-corrected chi connectivity index (χ3v) is 9.40. The quantitative estimate of drug-likeness (QED) is 0.183.